The van der Waals surface area contributed by atoms with Crippen LogP contribution in [0.5, 0.6) is 0 Å². The summed E-state index contributed by atoms with van der Waals surface area (Å²) < 4.78 is 1.60. The van der Waals surface area contributed by atoms with Crippen LogP contribution in [0.2, 0.25) is 0 Å². The molecule has 1 aromatic carbocycles. The summed E-state index contributed by atoms with van der Waals surface area (Å²) in [6.07, 6.45) is 0.302. The molecule has 0 aliphatic heterocycles. The summed E-state index contributed by atoms with van der Waals surface area (Å²) in [6.45, 7) is 2.36. The second-order valence-corrected chi connectivity index (χ2v) is 3.69. The summed E-state index contributed by atoms with van der Waals surface area (Å²) >= 11 is 0. The predicted octanol–water partition coefficient (Wildman–Crippen LogP) is 0.845. The maximum absolute atomic E-state index is 9.48. The molecule has 0 radical (unpaired) electrons. The Hall–Kier alpha value is -1.95. The normalized spacial score (nSPS) is 12.4. The molecule has 0 aliphatic carbocycles. The van der Waals surface area contributed by atoms with Crippen LogP contribution in [0.25, 0.3) is 5.69 Å². The monoisotopic (exact) mass is 233 g/mol. The minimum atomic E-state index is -0.393. The van der Waals surface area contributed by atoms with Crippen LogP contribution in [-0.4, -0.2) is 38.0 Å². The van der Waals surface area contributed by atoms with Gasteiger partial charge in [0.1, 0.15) is 0 Å². The van der Waals surface area contributed by atoms with Gasteiger partial charge < -0.3 is 10.4 Å². The number of nitrogens with one attached hydrogen (secondary N) is 1. The lowest BCUT2D eigenvalue weighted by Crippen LogP contribution is -2.20. The van der Waals surface area contributed by atoms with Crippen LogP contribution < -0.4 is 5.32 Å². The number of nitrogens with zero attached hydrogens (tertiary/aromatic N) is 4. The van der Waals surface area contributed by atoms with E-state index in [0.29, 0.717) is 18.9 Å². The molecule has 0 fully saturated rings. The Labute approximate surface area is 99.3 Å². The fourth-order valence-corrected chi connectivity index (χ4v) is 1.39. The zero-order chi connectivity index (χ0) is 12.1. The minimum absolute atomic E-state index is 0.393. The Kier molecular flexibility index (Phi) is 3.66. The highest BCUT2D eigenvalue weighted by atomic mass is 16.3. The lowest BCUT2D eigenvalue weighted by atomic mass is 10.3. The number of hydrogen-bond acceptors (Lipinski definition) is 5. The molecule has 0 saturated heterocycles. The maximum Gasteiger partial charge on any atom is 0.247 e. The Balaban J connectivity index is 2.12. The van der Waals surface area contributed by atoms with Crippen molar-refractivity contribution >= 4 is 5.95 Å². The van der Waals surface area contributed by atoms with Crippen LogP contribution in [0, 0.1) is 0 Å². The van der Waals surface area contributed by atoms with Crippen LogP contribution >= 0.6 is 0 Å². The molecule has 0 saturated carbocycles. The number of rotatable bonds is 5. The summed E-state index contributed by atoms with van der Waals surface area (Å²) in [5.41, 5.74) is 0.881. The van der Waals surface area contributed by atoms with E-state index < -0.39 is 6.10 Å². The highest BCUT2D eigenvalue weighted by Gasteiger charge is 2.08. The molecule has 6 nitrogen and oxygen atoms in total. The number of aliphatic hydroxyl groups is 1. The number of anilines is 1. The Morgan fingerprint density at radius 2 is 2.12 bits per heavy atom. The highest BCUT2D eigenvalue weighted by molar-refractivity contribution is 5.38. The SMILES string of the molecule is CCC(O)CNc1nnnn1-c1ccccc1. The molecule has 0 spiro atoms. The maximum atomic E-state index is 9.48. The molecule has 2 rings (SSSR count). The molecular formula is C11H15N5O. The standard InChI is InChI=1S/C11H15N5O/c1-2-10(17)8-12-11-13-14-15-16(11)9-6-4-3-5-7-9/h3-7,10,17H,2,8H2,1H3,(H,12,13,15). The molecule has 17 heavy (non-hydrogen) atoms. The zero-order valence-electron chi connectivity index (χ0n) is 9.61. The van der Waals surface area contributed by atoms with Crippen molar-refractivity contribution in [2.45, 2.75) is 19.4 Å². The average molecular weight is 233 g/mol. The van der Waals surface area contributed by atoms with Gasteiger partial charge >= 0.3 is 0 Å². The van der Waals surface area contributed by atoms with Gasteiger partial charge in [-0.3, -0.25) is 0 Å². The molecule has 6 heteroatoms. The van der Waals surface area contributed by atoms with Crippen molar-refractivity contribution in [3.8, 4) is 5.69 Å². The number of hydrogen-bond donors (Lipinski definition) is 2. The Bertz CT molecular complexity index is 456. The van der Waals surface area contributed by atoms with E-state index in [-0.39, 0.29) is 0 Å². The van der Waals surface area contributed by atoms with Gasteiger partial charge in [-0.15, -0.1) is 0 Å². The van der Waals surface area contributed by atoms with Crippen LogP contribution in [0.4, 0.5) is 5.95 Å². The van der Waals surface area contributed by atoms with E-state index in [1.807, 2.05) is 37.3 Å². The fourth-order valence-electron chi connectivity index (χ4n) is 1.39. The Morgan fingerprint density at radius 3 is 2.82 bits per heavy atom. The van der Waals surface area contributed by atoms with Crippen molar-refractivity contribution in [2.75, 3.05) is 11.9 Å². The third kappa shape index (κ3) is 2.79. The predicted molar refractivity (Wildman–Crippen MR) is 63.9 cm³/mol. The number of benzene rings is 1. The molecular weight excluding hydrogens is 218 g/mol. The van der Waals surface area contributed by atoms with Gasteiger partial charge in [0.15, 0.2) is 0 Å². The third-order valence-corrected chi connectivity index (χ3v) is 2.44. The first-order valence-electron chi connectivity index (χ1n) is 5.57. The van der Waals surface area contributed by atoms with Crippen LogP contribution in [-0.2, 0) is 0 Å². The summed E-state index contributed by atoms with van der Waals surface area (Å²) in [7, 11) is 0. The molecule has 1 aromatic heterocycles. The van der Waals surface area contributed by atoms with Crippen LogP contribution in [0.3, 0.4) is 0 Å². The summed E-state index contributed by atoms with van der Waals surface area (Å²) in [5, 5.41) is 23.9. The van der Waals surface area contributed by atoms with Gasteiger partial charge in [0.2, 0.25) is 5.95 Å². The van der Waals surface area contributed by atoms with Crippen LogP contribution in [0.15, 0.2) is 30.3 Å². The number of aromatic nitrogens is 4. The summed E-state index contributed by atoms with van der Waals surface area (Å²) in [5.74, 6) is 0.531. The Morgan fingerprint density at radius 1 is 1.35 bits per heavy atom. The van der Waals surface area contributed by atoms with E-state index in [9.17, 15) is 5.11 Å². The smallest absolute Gasteiger partial charge is 0.247 e. The fraction of sp³-hybridized carbons (Fsp3) is 0.364. The van der Waals surface area contributed by atoms with E-state index in [1.54, 1.807) is 4.68 Å². The molecule has 1 atom stereocenters. The first-order valence-corrected chi connectivity index (χ1v) is 5.57. The second-order valence-electron chi connectivity index (χ2n) is 3.69. The van der Waals surface area contributed by atoms with E-state index >= 15 is 0 Å². The molecule has 0 bridgehead atoms. The average Bonchev–Trinajstić information content (AvgIpc) is 2.85. The van der Waals surface area contributed by atoms with Gasteiger partial charge in [-0.25, -0.2) is 0 Å². The molecule has 90 valence electrons. The number of aliphatic hydroxyl groups excluding tert-OH is 1. The zero-order valence-corrected chi connectivity index (χ0v) is 9.61. The van der Waals surface area contributed by atoms with Gasteiger partial charge in [-0.05, 0) is 29.0 Å². The van der Waals surface area contributed by atoms with E-state index in [1.165, 1.54) is 0 Å². The van der Waals surface area contributed by atoms with Gasteiger partial charge in [0.05, 0.1) is 11.8 Å². The molecule has 2 N–H and O–H groups in total. The van der Waals surface area contributed by atoms with Gasteiger partial charge in [0.25, 0.3) is 0 Å². The number of tetrazole rings is 1. The molecule has 1 unspecified atom stereocenters. The van der Waals surface area contributed by atoms with Gasteiger partial charge in [-0.1, -0.05) is 30.2 Å². The largest absolute Gasteiger partial charge is 0.391 e. The van der Waals surface area contributed by atoms with Crippen molar-refractivity contribution in [1.29, 1.82) is 0 Å². The molecule has 0 aliphatic rings. The molecule has 1 heterocycles. The summed E-state index contributed by atoms with van der Waals surface area (Å²) in [6, 6.07) is 9.60. The molecule has 0 amide bonds. The lowest BCUT2D eigenvalue weighted by molar-refractivity contribution is 0.183. The topological polar surface area (TPSA) is 75.9 Å². The quantitative estimate of drug-likeness (QED) is 0.800. The van der Waals surface area contributed by atoms with Gasteiger partial charge in [-0.2, -0.15) is 4.68 Å². The van der Waals surface area contributed by atoms with E-state index in [2.05, 4.69) is 20.8 Å². The van der Waals surface area contributed by atoms with Gasteiger partial charge in [0, 0.05) is 6.54 Å². The van der Waals surface area contributed by atoms with Crippen molar-refractivity contribution < 1.29 is 5.11 Å². The summed E-state index contributed by atoms with van der Waals surface area (Å²) in [4.78, 5) is 0. The number of para-hydroxylation sites is 1. The van der Waals surface area contributed by atoms with E-state index in [4.69, 9.17) is 0 Å². The first kappa shape index (κ1) is 11.5. The third-order valence-electron chi connectivity index (χ3n) is 2.44. The minimum Gasteiger partial charge on any atom is -0.391 e. The van der Waals surface area contributed by atoms with Crippen molar-refractivity contribution in [3.63, 3.8) is 0 Å². The second kappa shape index (κ2) is 5.40. The van der Waals surface area contributed by atoms with Crippen molar-refractivity contribution in [1.82, 2.24) is 20.2 Å². The lowest BCUT2D eigenvalue weighted by Gasteiger charge is -2.10. The van der Waals surface area contributed by atoms with Crippen molar-refractivity contribution in [2.24, 2.45) is 0 Å². The first-order chi connectivity index (χ1) is 8.31. The van der Waals surface area contributed by atoms with E-state index in [0.717, 1.165) is 5.69 Å². The highest BCUT2D eigenvalue weighted by Crippen LogP contribution is 2.10. The van der Waals surface area contributed by atoms with Crippen LogP contribution in [0.1, 0.15) is 13.3 Å². The van der Waals surface area contributed by atoms with Crippen molar-refractivity contribution in [3.05, 3.63) is 30.3 Å². The molecule has 2 aromatic rings.